The van der Waals surface area contributed by atoms with E-state index in [1.807, 2.05) is 32.8 Å². The molecule has 0 unspecified atom stereocenters. The summed E-state index contributed by atoms with van der Waals surface area (Å²) in [6.45, 7) is 5.87. The Morgan fingerprint density at radius 2 is 1.69 bits per heavy atom. The van der Waals surface area contributed by atoms with Gasteiger partial charge in [-0.15, -0.1) is 0 Å². The molecule has 2 aromatic carbocycles. The number of benzene rings is 2. The molecule has 8 nitrogen and oxygen atoms in total. The third-order valence-electron chi connectivity index (χ3n) is 5.79. The number of Topliss-reactive ketones (excluding diaryl/α,β-unsaturated/α-hetero) is 1. The fraction of sp³-hybridized carbons (Fsp3) is 0.407. The van der Waals surface area contributed by atoms with E-state index in [-0.39, 0.29) is 11.3 Å². The van der Waals surface area contributed by atoms with Crippen LogP contribution in [0.5, 0.6) is 17.2 Å². The lowest BCUT2D eigenvalue weighted by Gasteiger charge is -2.26. The molecular formula is C27H34N2O6. The minimum Gasteiger partial charge on any atom is -0.507 e. The van der Waals surface area contributed by atoms with Gasteiger partial charge < -0.3 is 29.1 Å². The number of ether oxygens (including phenoxy) is 3. The summed E-state index contributed by atoms with van der Waals surface area (Å²) in [7, 11) is 5.44. The smallest absolute Gasteiger partial charge is 0.295 e. The zero-order valence-electron chi connectivity index (χ0n) is 21.0. The molecule has 1 amide bonds. The molecule has 1 N–H and O–H groups in total. The van der Waals surface area contributed by atoms with Crippen LogP contribution in [-0.4, -0.2) is 74.1 Å². The first kappa shape index (κ1) is 26.1. The van der Waals surface area contributed by atoms with Crippen LogP contribution in [0.25, 0.3) is 5.76 Å². The Kier molecular flexibility index (Phi) is 8.76. The van der Waals surface area contributed by atoms with E-state index in [0.717, 1.165) is 6.54 Å². The largest absolute Gasteiger partial charge is 0.507 e. The molecule has 1 aliphatic rings. The maximum atomic E-state index is 13.2. The number of rotatable bonds is 11. The number of hydrogen-bond donors (Lipinski definition) is 1. The highest BCUT2D eigenvalue weighted by molar-refractivity contribution is 6.46. The molecule has 0 aromatic heterocycles. The summed E-state index contributed by atoms with van der Waals surface area (Å²) >= 11 is 0. The summed E-state index contributed by atoms with van der Waals surface area (Å²) in [5, 5.41) is 11.2. The predicted octanol–water partition coefficient (Wildman–Crippen LogP) is 3.87. The van der Waals surface area contributed by atoms with Crippen LogP contribution in [-0.2, 0) is 9.59 Å². The summed E-state index contributed by atoms with van der Waals surface area (Å²) in [6.07, 6.45) is 0.674. The molecule has 0 spiro atoms. The highest BCUT2D eigenvalue weighted by Gasteiger charge is 2.46. The van der Waals surface area contributed by atoms with Crippen molar-refractivity contribution >= 4 is 17.4 Å². The summed E-state index contributed by atoms with van der Waals surface area (Å²) in [5.41, 5.74) is 1.14. The number of ketones is 1. The first-order valence-electron chi connectivity index (χ1n) is 11.8. The zero-order valence-corrected chi connectivity index (χ0v) is 21.0. The van der Waals surface area contributed by atoms with E-state index in [0.29, 0.717) is 54.6 Å². The number of carbonyl (C=O) groups excluding carboxylic acids is 2. The molecule has 8 heteroatoms. The minimum atomic E-state index is -0.756. The van der Waals surface area contributed by atoms with Crippen LogP contribution in [0.2, 0.25) is 0 Å². The molecular weight excluding hydrogens is 448 g/mol. The lowest BCUT2D eigenvalue weighted by Crippen LogP contribution is -2.32. The second-order valence-corrected chi connectivity index (χ2v) is 8.45. The van der Waals surface area contributed by atoms with Crippen LogP contribution >= 0.6 is 0 Å². The van der Waals surface area contributed by atoms with Gasteiger partial charge in [0.2, 0.25) is 0 Å². The molecule has 1 atom stereocenters. The van der Waals surface area contributed by atoms with E-state index in [1.54, 1.807) is 42.5 Å². The topological polar surface area (TPSA) is 88.5 Å². The first-order valence-corrected chi connectivity index (χ1v) is 11.8. The Morgan fingerprint density at radius 3 is 2.29 bits per heavy atom. The Bertz CT molecular complexity index is 1080. The first-order chi connectivity index (χ1) is 16.8. The van der Waals surface area contributed by atoms with Crippen LogP contribution < -0.4 is 14.2 Å². The highest BCUT2D eigenvalue weighted by Crippen LogP contribution is 2.42. The fourth-order valence-corrected chi connectivity index (χ4v) is 4.17. The van der Waals surface area contributed by atoms with Crippen LogP contribution in [0.3, 0.4) is 0 Å². The second kappa shape index (κ2) is 11.8. The lowest BCUT2D eigenvalue weighted by atomic mass is 9.95. The Hall–Kier alpha value is -3.52. The average molecular weight is 483 g/mol. The Labute approximate surface area is 206 Å². The fourth-order valence-electron chi connectivity index (χ4n) is 4.17. The van der Waals surface area contributed by atoms with Crippen molar-refractivity contribution in [2.75, 3.05) is 47.5 Å². The standard InChI is InChI=1S/C27H34N2O6/c1-6-34-20-12-9-18(10-13-20)25(30)23-24(19-11-14-21(35-7-2)22(17-19)33-5)29(27(32)26(23)31)16-8-15-28(3)4/h9-14,17,24,30H,6-8,15-16H2,1-5H3/t24-/m0/s1. The molecule has 2 aromatic rings. The number of aliphatic hydroxyl groups excluding tert-OH is 1. The van der Waals surface area contributed by atoms with E-state index in [1.165, 1.54) is 12.0 Å². The van der Waals surface area contributed by atoms with Crippen LogP contribution in [0.1, 0.15) is 37.4 Å². The van der Waals surface area contributed by atoms with Gasteiger partial charge in [-0.25, -0.2) is 0 Å². The number of amides is 1. The monoisotopic (exact) mass is 482 g/mol. The van der Waals surface area contributed by atoms with Crippen molar-refractivity contribution in [3.05, 3.63) is 59.2 Å². The van der Waals surface area contributed by atoms with Gasteiger partial charge in [-0.1, -0.05) is 6.07 Å². The zero-order chi connectivity index (χ0) is 25.5. The average Bonchev–Trinajstić information content (AvgIpc) is 3.09. The van der Waals surface area contributed by atoms with Gasteiger partial charge in [0.1, 0.15) is 11.5 Å². The maximum Gasteiger partial charge on any atom is 0.295 e. The van der Waals surface area contributed by atoms with Crippen molar-refractivity contribution in [2.24, 2.45) is 0 Å². The van der Waals surface area contributed by atoms with Gasteiger partial charge in [0.05, 0.1) is 31.9 Å². The Balaban J connectivity index is 2.10. The third kappa shape index (κ3) is 5.77. The molecule has 35 heavy (non-hydrogen) atoms. The van der Waals surface area contributed by atoms with Crippen molar-refractivity contribution in [3.63, 3.8) is 0 Å². The molecule has 3 rings (SSSR count). The van der Waals surface area contributed by atoms with Crippen molar-refractivity contribution in [1.29, 1.82) is 0 Å². The number of likely N-dealkylation sites (tertiary alicyclic amines) is 1. The lowest BCUT2D eigenvalue weighted by molar-refractivity contribution is -0.139. The van der Waals surface area contributed by atoms with Crippen LogP contribution in [0.15, 0.2) is 48.0 Å². The molecule has 1 saturated heterocycles. The van der Waals surface area contributed by atoms with Crippen molar-refractivity contribution in [1.82, 2.24) is 9.80 Å². The molecule has 0 bridgehead atoms. The third-order valence-corrected chi connectivity index (χ3v) is 5.79. The molecule has 1 aliphatic heterocycles. The van der Waals surface area contributed by atoms with Gasteiger partial charge in [0.25, 0.3) is 11.7 Å². The number of carbonyl (C=O) groups is 2. The van der Waals surface area contributed by atoms with E-state index in [2.05, 4.69) is 0 Å². The van der Waals surface area contributed by atoms with Gasteiger partial charge in [-0.2, -0.15) is 0 Å². The van der Waals surface area contributed by atoms with Crippen molar-refractivity contribution < 1.29 is 28.9 Å². The summed E-state index contributed by atoms with van der Waals surface area (Å²) < 4.78 is 16.6. The molecule has 1 fully saturated rings. The molecule has 0 aliphatic carbocycles. The van der Waals surface area contributed by atoms with Gasteiger partial charge in [-0.3, -0.25) is 9.59 Å². The van der Waals surface area contributed by atoms with Gasteiger partial charge in [-0.05, 0) is 82.9 Å². The van der Waals surface area contributed by atoms with E-state index >= 15 is 0 Å². The highest BCUT2D eigenvalue weighted by atomic mass is 16.5. The molecule has 0 saturated carbocycles. The van der Waals surface area contributed by atoms with Crippen LogP contribution in [0, 0.1) is 0 Å². The predicted molar refractivity (Wildman–Crippen MR) is 134 cm³/mol. The van der Waals surface area contributed by atoms with E-state index in [9.17, 15) is 14.7 Å². The van der Waals surface area contributed by atoms with Crippen molar-refractivity contribution in [3.8, 4) is 17.2 Å². The molecule has 1 heterocycles. The normalized spacial score (nSPS) is 17.2. The van der Waals surface area contributed by atoms with Crippen LogP contribution in [0.4, 0.5) is 0 Å². The molecule has 188 valence electrons. The molecule has 0 radical (unpaired) electrons. The summed E-state index contributed by atoms with van der Waals surface area (Å²) in [4.78, 5) is 29.9. The number of nitrogens with zero attached hydrogens (tertiary/aromatic N) is 2. The second-order valence-electron chi connectivity index (χ2n) is 8.45. The Morgan fingerprint density at radius 1 is 1.00 bits per heavy atom. The summed E-state index contributed by atoms with van der Waals surface area (Å²) in [6, 6.07) is 11.4. The van der Waals surface area contributed by atoms with Gasteiger partial charge >= 0.3 is 0 Å². The number of hydrogen-bond acceptors (Lipinski definition) is 7. The SMILES string of the molecule is CCOc1ccc(C(O)=C2C(=O)C(=O)N(CCCN(C)C)[C@H]2c2ccc(OCC)c(OC)c2)cc1. The van der Waals surface area contributed by atoms with E-state index < -0.39 is 17.7 Å². The van der Waals surface area contributed by atoms with E-state index in [4.69, 9.17) is 14.2 Å². The maximum absolute atomic E-state index is 13.2. The summed E-state index contributed by atoms with van der Waals surface area (Å²) in [5.74, 6) is 0.146. The minimum absolute atomic E-state index is 0.0511. The quantitative estimate of drug-likeness (QED) is 0.296. The van der Waals surface area contributed by atoms with Crippen molar-refractivity contribution in [2.45, 2.75) is 26.3 Å². The number of aliphatic hydroxyl groups is 1. The number of methoxy groups -OCH3 is 1. The van der Waals surface area contributed by atoms with Gasteiger partial charge in [0, 0.05) is 12.1 Å². The van der Waals surface area contributed by atoms with Gasteiger partial charge in [0.15, 0.2) is 11.5 Å².